The quantitative estimate of drug-likeness (QED) is 0.269. The second-order valence-electron chi connectivity index (χ2n) is 3.65. The predicted octanol–water partition coefficient (Wildman–Crippen LogP) is 2.40. The zero-order valence-corrected chi connectivity index (χ0v) is 7.07. The second-order valence-corrected chi connectivity index (χ2v) is 3.65. The first-order chi connectivity index (χ1) is 5.87. The molecule has 2 fully saturated rings. The molecule has 0 N–H and O–H groups in total. The lowest BCUT2D eigenvalue weighted by atomic mass is 9.86. The smallest absolute Gasteiger partial charge is 0.0949 e. The maximum Gasteiger partial charge on any atom is 0.0949 e. The van der Waals surface area contributed by atoms with Crippen LogP contribution in [0.1, 0.15) is 32.1 Å². The van der Waals surface area contributed by atoms with Crippen molar-refractivity contribution in [3.8, 4) is 0 Å². The summed E-state index contributed by atoms with van der Waals surface area (Å²) >= 11 is 0. The molecule has 1 heterocycles. The van der Waals surface area contributed by atoms with E-state index in [9.17, 15) is 0 Å². The van der Waals surface area contributed by atoms with E-state index in [1.165, 1.54) is 32.1 Å². The summed E-state index contributed by atoms with van der Waals surface area (Å²) in [4.78, 5) is 2.74. The van der Waals surface area contributed by atoms with E-state index in [1.807, 2.05) is 0 Å². The van der Waals surface area contributed by atoms with Crippen LogP contribution in [0.3, 0.4) is 0 Å². The molecule has 0 bridgehead atoms. The van der Waals surface area contributed by atoms with Gasteiger partial charge in [-0.2, -0.15) is 0 Å². The van der Waals surface area contributed by atoms with Crippen molar-refractivity contribution in [1.29, 1.82) is 0 Å². The third kappa shape index (κ3) is 1.28. The first-order valence-electron chi connectivity index (χ1n) is 4.56. The van der Waals surface area contributed by atoms with Crippen LogP contribution in [0.5, 0.6) is 0 Å². The maximum atomic E-state index is 8.13. The van der Waals surface area contributed by atoms with E-state index in [-0.39, 0.29) is 11.7 Å². The van der Waals surface area contributed by atoms with E-state index in [2.05, 4.69) is 10.0 Å². The average molecular weight is 167 g/mol. The van der Waals surface area contributed by atoms with Crippen LogP contribution in [0.4, 0.5) is 0 Å². The lowest BCUT2D eigenvalue weighted by Gasteiger charge is -2.17. The molecule has 0 unspecified atom stereocenters. The molecule has 2 rings (SSSR count). The Balaban J connectivity index is 1.86. The minimum Gasteiger partial charge on any atom is -0.366 e. The lowest BCUT2D eigenvalue weighted by Crippen LogP contribution is -2.20. The Morgan fingerprint density at radius 1 is 1.42 bits per heavy atom. The van der Waals surface area contributed by atoms with E-state index in [0.29, 0.717) is 6.54 Å². The molecule has 66 valence electrons. The minimum absolute atomic E-state index is 0.131. The van der Waals surface area contributed by atoms with Gasteiger partial charge in [0.25, 0.3) is 0 Å². The van der Waals surface area contributed by atoms with Crippen LogP contribution in [0.15, 0.2) is 5.11 Å². The average Bonchev–Trinajstić information content (AvgIpc) is 2.77. The summed E-state index contributed by atoms with van der Waals surface area (Å²) in [5.41, 5.74) is 8.26. The summed E-state index contributed by atoms with van der Waals surface area (Å²) in [5, 5.41) is 3.54. The number of ether oxygens (including phenoxy) is 1. The first kappa shape index (κ1) is 7.90. The highest BCUT2D eigenvalue weighted by Crippen LogP contribution is 2.48. The van der Waals surface area contributed by atoms with E-state index >= 15 is 0 Å². The Morgan fingerprint density at radius 3 is 2.83 bits per heavy atom. The Hall–Kier alpha value is -0.730. The van der Waals surface area contributed by atoms with Crippen molar-refractivity contribution in [1.82, 2.24) is 0 Å². The van der Waals surface area contributed by atoms with Gasteiger partial charge in [0.05, 0.1) is 18.2 Å². The Bertz CT molecular complexity index is 216. The van der Waals surface area contributed by atoms with Gasteiger partial charge in [0.2, 0.25) is 0 Å². The molecule has 0 amide bonds. The Morgan fingerprint density at radius 2 is 2.17 bits per heavy atom. The van der Waals surface area contributed by atoms with Crippen LogP contribution in [-0.4, -0.2) is 18.2 Å². The Kier molecular flexibility index (Phi) is 1.95. The number of hydrogen-bond acceptors (Lipinski definition) is 2. The van der Waals surface area contributed by atoms with Crippen molar-refractivity contribution in [3.05, 3.63) is 10.4 Å². The fourth-order valence-corrected chi connectivity index (χ4v) is 2.15. The molecule has 1 spiro atoms. The van der Waals surface area contributed by atoms with Gasteiger partial charge >= 0.3 is 0 Å². The number of epoxide rings is 1. The van der Waals surface area contributed by atoms with Gasteiger partial charge in [-0.1, -0.05) is 24.4 Å². The number of rotatable bonds is 2. The number of hydrogen-bond donors (Lipinski definition) is 0. The zero-order valence-electron chi connectivity index (χ0n) is 7.07. The van der Waals surface area contributed by atoms with E-state index in [1.54, 1.807) is 0 Å². The van der Waals surface area contributed by atoms with Gasteiger partial charge in [0.1, 0.15) is 0 Å². The SMILES string of the molecule is [N-]=[N+]=NC[C@@H]1OC12CCCCC2. The number of azide groups is 1. The van der Waals surface area contributed by atoms with E-state index < -0.39 is 0 Å². The minimum atomic E-state index is 0.131. The van der Waals surface area contributed by atoms with Crippen LogP contribution >= 0.6 is 0 Å². The molecule has 1 aliphatic carbocycles. The predicted molar refractivity (Wildman–Crippen MR) is 44.7 cm³/mol. The zero-order chi connectivity index (χ0) is 8.44. The van der Waals surface area contributed by atoms with Crippen LogP contribution in [0.25, 0.3) is 10.4 Å². The monoisotopic (exact) mass is 167 g/mol. The van der Waals surface area contributed by atoms with Crippen LogP contribution in [-0.2, 0) is 4.74 Å². The largest absolute Gasteiger partial charge is 0.366 e. The van der Waals surface area contributed by atoms with Crippen LogP contribution in [0, 0.1) is 0 Å². The van der Waals surface area contributed by atoms with Gasteiger partial charge in [-0.05, 0) is 18.4 Å². The molecule has 0 aromatic heterocycles. The molecule has 0 radical (unpaired) electrons. The van der Waals surface area contributed by atoms with Gasteiger partial charge in [0.15, 0.2) is 0 Å². The topological polar surface area (TPSA) is 61.3 Å². The van der Waals surface area contributed by atoms with Crippen molar-refractivity contribution in [2.75, 3.05) is 6.54 Å². The van der Waals surface area contributed by atoms with E-state index in [4.69, 9.17) is 10.3 Å². The Labute approximate surface area is 71.5 Å². The maximum absolute atomic E-state index is 8.13. The summed E-state index contributed by atoms with van der Waals surface area (Å²) in [6.07, 6.45) is 6.43. The standard InChI is InChI=1S/C8H13N3O/c9-11-10-6-7-8(12-7)4-2-1-3-5-8/h7H,1-6H2/t7-/m0/s1. The molecular weight excluding hydrogens is 154 g/mol. The summed E-state index contributed by atoms with van der Waals surface area (Å²) < 4.78 is 5.58. The molecule has 0 aromatic rings. The lowest BCUT2D eigenvalue weighted by molar-refractivity contribution is 0.233. The fraction of sp³-hybridized carbons (Fsp3) is 1.00. The number of nitrogens with zero attached hydrogens (tertiary/aromatic N) is 3. The van der Waals surface area contributed by atoms with Gasteiger partial charge in [0, 0.05) is 4.91 Å². The van der Waals surface area contributed by atoms with Crippen LogP contribution in [0.2, 0.25) is 0 Å². The van der Waals surface area contributed by atoms with Crippen molar-refractivity contribution < 1.29 is 4.74 Å². The van der Waals surface area contributed by atoms with Crippen molar-refractivity contribution in [2.24, 2.45) is 5.11 Å². The highest BCUT2D eigenvalue weighted by molar-refractivity contribution is 5.04. The summed E-state index contributed by atoms with van der Waals surface area (Å²) in [6.45, 7) is 0.524. The summed E-state index contributed by atoms with van der Waals surface area (Å²) in [6, 6.07) is 0. The third-order valence-corrected chi connectivity index (χ3v) is 2.92. The molecule has 1 saturated carbocycles. The third-order valence-electron chi connectivity index (χ3n) is 2.92. The molecule has 1 aliphatic heterocycles. The highest BCUT2D eigenvalue weighted by atomic mass is 16.6. The van der Waals surface area contributed by atoms with Gasteiger partial charge in [-0.15, -0.1) is 0 Å². The molecule has 4 heteroatoms. The second kappa shape index (κ2) is 2.96. The normalized spacial score (nSPS) is 31.2. The highest BCUT2D eigenvalue weighted by Gasteiger charge is 2.55. The first-order valence-corrected chi connectivity index (χ1v) is 4.56. The van der Waals surface area contributed by atoms with Gasteiger partial charge in [-0.3, -0.25) is 0 Å². The van der Waals surface area contributed by atoms with Crippen molar-refractivity contribution in [2.45, 2.75) is 43.8 Å². The fourth-order valence-electron chi connectivity index (χ4n) is 2.15. The molecule has 2 aliphatic rings. The van der Waals surface area contributed by atoms with Crippen molar-refractivity contribution >= 4 is 0 Å². The molecule has 12 heavy (non-hydrogen) atoms. The molecule has 1 atom stereocenters. The van der Waals surface area contributed by atoms with Gasteiger partial charge in [-0.25, -0.2) is 0 Å². The van der Waals surface area contributed by atoms with Crippen LogP contribution < -0.4 is 0 Å². The summed E-state index contributed by atoms with van der Waals surface area (Å²) in [5.74, 6) is 0. The summed E-state index contributed by atoms with van der Waals surface area (Å²) in [7, 11) is 0. The van der Waals surface area contributed by atoms with E-state index in [0.717, 1.165) is 0 Å². The van der Waals surface area contributed by atoms with Gasteiger partial charge < -0.3 is 4.74 Å². The molecule has 4 nitrogen and oxygen atoms in total. The molecule has 0 aromatic carbocycles. The molecular formula is C8H13N3O. The molecule has 1 saturated heterocycles. The van der Waals surface area contributed by atoms with Crippen molar-refractivity contribution in [3.63, 3.8) is 0 Å².